The third-order valence-corrected chi connectivity index (χ3v) is 3.19. The Morgan fingerprint density at radius 3 is 2.73 bits per heavy atom. The summed E-state index contributed by atoms with van der Waals surface area (Å²) in [5.74, 6) is 0. The fourth-order valence-corrected chi connectivity index (χ4v) is 2.35. The molecule has 0 radical (unpaired) electrons. The number of nitrogens with zero attached hydrogens (tertiary/aromatic N) is 1. The first kappa shape index (κ1) is 9.92. The van der Waals surface area contributed by atoms with Gasteiger partial charge in [0.1, 0.15) is 0 Å². The zero-order valence-corrected chi connectivity index (χ0v) is 8.95. The van der Waals surface area contributed by atoms with E-state index >= 15 is 0 Å². The molecule has 5 heteroatoms. The Kier molecular flexibility index (Phi) is 2.55. The molecule has 1 heterocycles. The van der Waals surface area contributed by atoms with Crippen molar-refractivity contribution in [2.24, 2.45) is 0 Å². The van der Waals surface area contributed by atoms with Gasteiger partial charge in [0.25, 0.3) is 5.69 Å². The number of hydrogen-bond acceptors (Lipinski definition) is 3. The highest BCUT2D eigenvalue weighted by Crippen LogP contribution is 2.28. The van der Waals surface area contributed by atoms with Gasteiger partial charge in [-0.1, -0.05) is 12.1 Å². The summed E-state index contributed by atoms with van der Waals surface area (Å²) in [5.41, 5.74) is 1.62. The summed E-state index contributed by atoms with van der Waals surface area (Å²) in [6.45, 7) is 0. The molecule has 1 N–H and O–H groups in total. The number of hydrogen-bond donors (Lipinski definition) is 1. The largest absolute Gasteiger partial charge is 0.335 e. The van der Waals surface area contributed by atoms with E-state index < -0.39 is 0 Å². The number of allylic oxidation sites excluding steroid dienone is 1. The first-order chi connectivity index (χ1) is 7.18. The maximum absolute atomic E-state index is 10.8. The lowest BCUT2D eigenvalue weighted by molar-refractivity contribution is -0.385. The summed E-state index contributed by atoms with van der Waals surface area (Å²) in [5, 5.41) is 12.8. The average Bonchev–Trinajstić information content (AvgIpc) is 2.65. The maximum atomic E-state index is 10.8. The SMILES string of the molecule is CS1=CC=C(c2ccccc2[N+](=O)[O-])N1. The molecule has 1 aliphatic heterocycles. The molecular weight excluding hydrogens is 212 g/mol. The summed E-state index contributed by atoms with van der Waals surface area (Å²) in [4.78, 5) is 10.4. The summed E-state index contributed by atoms with van der Waals surface area (Å²) in [7, 11) is -0.0151. The van der Waals surface area contributed by atoms with Crippen molar-refractivity contribution in [2.45, 2.75) is 0 Å². The van der Waals surface area contributed by atoms with Gasteiger partial charge in [-0.2, -0.15) is 0 Å². The smallest absolute Gasteiger partial charge is 0.278 e. The molecule has 0 fully saturated rings. The highest BCUT2D eigenvalue weighted by molar-refractivity contribution is 8.13. The molecule has 0 aliphatic carbocycles. The van der Waals surface area contributed by atoms with Crippen LogP contribution >= 0.6 is 10.7 Å². The van der Waals surface area contributed by atoms with Gasteiger partial charge in [-0.15, -0.1) is 10.7 Å². The van der Waals surface area contributed by atoms with Crippen molar-refractivity contribution >= 4 is 27.4 Å². The van der Waals surface area contributed by atoms with Gasteiger partial charge in [0, 0.05) is 6.07 Å². The molecule has 1 aromatic carbocycles. The second kappa shape index (κ2) is 3.86. The molecule has 0 saturated heterocycles. The molecule has 4 nitrogen and oxygen atoms in total. The molecule has 0 saturated carbocycles. The van der Waals surface area contributed by atoms with Crippen molar-refractivity contribution in [3.8, 4) is 0 Å². The highest BCUT2D eigenvalue weighted by atomic mass is 32.2. The predicted molar refractivity (Wildman–Crippen MR) is 63.8 cm³/mol. The monoisotopic (exact) mass is 222 g/mol. The highest BCUT2D eigenvalue weighted by Gasteiger charge is 2.17. The zero-order valence-electron chi connectivity index (χ0n) is 8.14. The standard InChI is InChI=1S/C10H10N2O2S/c1-15-7-6-9(11-15)8-4-2-3-5-10(8)12(13)14/h2-7,11H,1H3. The fraction of sp³-hybridized carbons (Fsp3) is 0.100. The van der Waals surface area contributed by atoms with E-state index in [4.69, 9.17) is 0 Å². The van der Waals surface area contributed by atoms with Crippen molar-refractivity contribution in [1.82, 2.24) is 4.72 Å². The Morgan fingerprint density at radius 2 is 2.13 bits per heavy atom. The van der Waals surface area contributed by atoms with E-state index in [1.54, 1.807) is 18.2 Å². The van der Waals surface area contributed by atoms with Gasteiger partial charge in [-0.3, -0.25) is 10.1 Å². The average molecular weight is 222 g/mol. The minimum atomic E-state index is -0.357. The van der Waals surface area contributed by atoms with Crippen LogP contribution in [0.25, 0.3) is 5.70 Å². The Bertz CT molecular complexity index is 480. The van der Waals surface area contributed by atoms with Crippen molar-refractivity contribution in [2.75, 3.05) is 6.26 Å². The normalized spacial score (nSPS) is 19.0. The molecule has 2 rings (SSSR count). The van der Waals surface area contributed by atoms with E-state index in [1.807, 2.05) is 17.7 Å². The van der Waals surface area contributed by atoms with Crippen LogP contribution in [-0.4, -0.2) is 16.5 Å². The molecule has 0 amide bonds. The van der Waals surface area contributed by atoms with Crippen LogP contribution in [0.5, 0.6) is 0 Å². The van der Waals surface area contributed by atoms with Crippen LogP contribution in [0.15, 0.2) is 30.3 Å². The van der Waals surface area contributed by atoms with E-state index in [9.17, 15) is 10.1 Å². The molecule has 0 spiro atoms. The minimum absolute atomic E-state index is 0.0151. The number of nitrogens with one attached hydrogen (secondary N) is 1. The number of nitro groups is 1. The van der Waals surface area contributed by atoms with Crippen molar-refractivity contribution < 1.29 is 4.92 Å². The molecule has 1 aromatic rings. The van der Waals surface area contributed by atoms with Crippen molar-refractivity contribution in [3.63, 3.8) is 0 Å². The quantitative estimate of drug-likeness (QED) is 0.474. The van der Waals surface area contributed by atoms with E-state index in [1.165, 1.54) is 6.07 Å². The van der Waals surface area contributed by atoms with Gasteiger partial charge in [0.05, 0.1) is 16.2 Å². The minimum Gasteiger partial charge on any atom is -0.335 e. The van der Waals surface area contributed by atoms with Crippen molar-refractivity contribution in [1.29, 1.82) is 0 Å². The second-order valence-corrected chi connectivity index (χ2v) is 4.74. The molecule has 1 unspecified atom stereocenters. The third kappa shape index (κ3) is 1.92. The number of nitro benzene ring substituents is 1. The summed E-state index contributed by atoms with van der Waals surface area (Å²) in [6.07, 6.45) is 3.92. The van der Waals surface area contributed by atoms with Crippen LogP contribution in [-0.2, 0) is 0 Å². The lowest BCUT2D eigenvalue weighted by atomic mass is 10.1. The first-order valence-corrected chi connectivity index (χ1v) is 6.08. The lowest BCUT2D eigenvalue weighted by Gasteiger charge is -2.06. The van der Waals surface area contributed by atoms with Crippen molar-refractivity contribution in [3.05, 3.63) is 46.0 Å². The van der Waals surface area contributed by atoms with E-state index in [2.05, 4.69) is 4.72 Å². The molecule has 15 heavy (non-hydrogen) atoms. The topological polar surface area (TPSA) is 55.2 Å². The summed E-state index contributed by atoms with van der Waals surface area (Å²) < 4.78 is 3.19. The van der Waals surface area contributed by atoms with Crippen LogP contribution in [0.2, 0.25) is 0 Å². The van der Waals surface area contributed by atoms with E-state index in [-0.39, 0.29) is 21.3 Å². The molecule has 1 aliphatic rings. The Hall–Kier alpha value is -1.62. The van der Waals surface area contributed by atoms with Gasteiger partial charge < -0.3 is 4.72 Å². The van der Waals surface area contributed by atoms with Crippen LogP contribution in [0.1, 0.15) is 5.56 Å². The zero-order chi connectivity index (χ0) is 10.8. The first-order valence-electron chi connectivity index (χ1n) is 4.39. The Morgan fingerprint density at radius 1 is 1.40 bits per heavy atom. The van der Waals surface area contributed by atoms with Gasteiger partial charge in [-0.05, 0) is 23.8 Å². The Labute approximate surface area is 89.8 Å². The Balaban J connectivity index is 2.41. The van der Waals surface area contributed by atoms with E-state index in [0.29, 0.717) is 5.56 Å². The van der Waals surface area contributed by atoms with Crippen LogP contribution < -0.4 is 4.72 Å². The predicted octanol–water partition coefficient (Wildman–Crippen LogP) is 2.15. The van der Waals surface area contributed by atoms with Gasteiger partial charge >= 0.3 is 0 Å². The van der Waals surface area contributed by atoms with Gasteiger partial charge in [0.15, 0.2) is 0 Å². The van der Waals surface area contributed by atoms with E-state index in [0.717, 1.165) is 5.70 Å². The third-order valence-electron chi connectivity index (χ3n) is 2.10. The molecule has 0 aromatic heterocycles. The summed E-state index contributed by atoms with van der Waals surface area (Å²) in [6, 6.07) is 6.75. The maximum Gasteiger partial charge on any atom is 0.278 e. The van der Waals surface area contributed by atoms with Gasteiger partial charge in [-0.25, -0.2) is 0 Å². The second-order valence-electron chi connectivity index (χ2n) is 3.15. The molecule has 78 valence electrons. The molecule has 0 bridgehead atoms. The summed E-state index contributed by atoms with van der Waals surface area (Å²) >= 11 is 0. The van der Waals surface area contributed by atoms with Gasteiger partial charge in [0.2, 0.25) is 0 Å². The number of para-hydroxylation sites is 1. The lowest BCUT2D eigenvalue weighted by Crippen LogP contribution is -2.03. The number of benzene rings is 1. The molecule has 1 atom stereocenters. The van der Waals surface area contributed by atoms with Crippen LogP contribution in [0.4, 0.5) is 5.69 Å². The molecular formula is C10H10N2O2S. The van der Waals surface area contributed by atoms with Crippen LogP contribution in [0, 0.1) is 10.1 Å². The van der Waals surface area contributed by atoms with Crippen LogP contribution in [0.3, 0.4) is 0 Å². The fourth-order valence-electron chi connectivity index (χ4n) is 1.42. The number of rotatable bonds is 2.